The van der Waals surface area contributed by atoms with E-state index < -0.39 is 23.1 Å². The lowest BCUT2D eigenvalue weighted by atomic mass is 10.0. The summed E-state index contributed by atoms with van der Waals surface area (Å²) in [4.78, 5) is 12.8. The molecule has 134 valence electrons. The average molecular weight is 365 g/mol. The maximum atomic E-state index is 14.5. The molecule has 1 N–H and O–H groups in total. The van der Waals surface area contributed by atoms with E-state index in [1.807, 2.05) is 0 Å². The number of halogens is 1. The van der Waals surface area contributed by atoms with Crippen molar-refractivity contribution in [3.05, 3.63) is 48.3 Å². The lowest BCUT2D eigenvalue weighted by Crippen LogP contribution is -2.33. The summed E-state index contributed by atoms with van der Waals surface area (Å²) in [7, 11) is 1.72. The van der Waals surface area contributed by atoms with Crippen LogP contribution >= 0.6 is 0 Å². The number of anilines is 1. The first-order valence-corrected chi connectivity index (χ1v) is 9.16. The summed E-state index contributed by atoms with van der Waals surface area (Å²) in [6, 6.07) is 11.7. The number of benzene rings is 2. The van der Waals surface area contributed by atoms with Gasteiger partial charge in [0, 0.05) is 18.3 Å². The average Bonchev–Trinajstić information content (AvgIpc) is 2.61. The topological polar surface area (TPSA) is 72.8 Å². The lowest BCUT2D eigenvalue weighted by Gasteiger charge is -2.24. The Bertz CT molecular complexity index is 709. The van der Waals surface area contributed by atoms with Crippen molar-refractivity contribution in [3.8, 4) is 11.1 Å². The molecule has 0 aliphatic carbocycles. The van der Waals surface area contributed by atoms with Gasteiger partial charge in [-0.3, -0.25) is 4.79 Å². The molecular weight excluding hydrogens is 345 g/mol. The van der Waals surface area contributed by atoms with Gasteiger partial charge in [-0.15, -0.1) is 0 Å². The van der Waals surface area contributed by atoms with Crippen LogP contribution in [0.15, 0.2) is 47.4 Å². The van der Waals surface area contributed by atoms with Gasteiger partial charge in [-0.05, 0) is 59.2 Å². The largest absolute Gasteiger partial charge is 0.612 e. The van der Waals surface area contributed by atoms with Crippen LogP contribution in [0.4, 0.5) is 10.1 Å². The highest BCUT2D eigenvalue weighted by atomic mass is 32.2. The van der Waals surface area contributed by atoms with Crippen LogP contribution in [0.3, 0.4) is 0 Å². The summed E-state index contributed by atoms with van der Waals surface area (Å²) in [5.74, 6) is -0.397. The van der Waals surface area contributed by atoms with Gasteiger partial charge in [0.2, 0.25) is 0 Å². The standard InChI is InChI=1S/C18H20FNO4S/c1-20(10-15(11-21)24-12-22)14-5-8-17(18(19)9-14)13-3-6-16(7-4-13)25(2)23/h3-9,12,15,21H,10-11H2,1-2H3. The zero-order valence-electron chi connectivity index (χ0n) is 14.0. The number of rotatable bonds is 8. The van der Waals surface area contributed by atoms with Crippen LogP contribution in [0.25, 0.3) is 11.1 Å². The minimum Gasteiger partial charge on any atom is -0.612 e. The van der Waals surface area contributed by atoms with E-state index in [4.69, 9.17) is 9.84 Å². The minimum absolute atomic E-state index is 0.241. The molecule has 2 unspecified atom stereocenters. The summed E-state index contributed by atoms with van der Waals surface area (Å²) in [6.45, 7) is 0.214. The number of nitrogens with zero attached hydrogens (tertiary/aromatic N) is 1. The molecule has 2 rings (SSSR count). The van der Waals surface area contributed by atoms with Crippen molar-refractivity contribution in [3.63, 3.8) is 0 Å². The van der Waals surface area contributed by atoms with Crippen molar-refractivity contribution >= 4 is 23.3 Å². The predicted molar refractivity (Wildman–Crippen MR) is 95.5 cm³/mol. The van der Waals surface area contributed by atoms with Gasteiger partial charge in [0.15, 0.2) is 4.90 Å². The van der Waals surface area contributed by atoms with E-state index in [1.165, 1.54) is 6.07 Å². The quantitative estimate of drug-likeness (QED) is 0.574. The number of aliphatic hydroxyl groups excluding tert-OH is 1. The smallest absolute Gasteiger partial charge is 0.293 e. The molecule has 5 nitrogen and oxygen atoms in total. The van der Waals surface area contributed by atoms with E-state index in [0.717, 1.165) is 0 Å². The van der Waals surface area contributed by atoms with Crippen LogP contribution in [0.1, 0.15) is 0 Å². The number of hydrogen-bond acceptors (Lipinski definition) is 5. The first-order valence-electron chi connectivity index (χ1n) is 7.60. The molecule has 0 aromatic heterocycles. The number of carbonyl (C=O) groups excluding carboxylic acids is 1. The van der Waals surface area contributed by atoms with E-state index in [0.29, 0.717) is 21.7 Å². The Hall–Kier alpha value is -2.09. The SMILES string of the molecule is CN(CC(CO)OC=O)c1ccc(-c2ccc([S+](C)[O-])cc2)c(F)c1. The van der Waals surface area contributed by atoms with Gasteiger partial charge >= 0.3 is 0 Å². The third-order valence-corrected chi connectivity index (χ3v) is 4.76. The molecule has 2 atom stereocenters. The molecule has 0 saturated heterocycles. The normalized spacial score (nSPS) is 13.2. The summed E-state index contributed by atoms with van der Waals surface area (Å²) in [5, 5.41) is 9.16. The van der Waals surface area contributed by atoms with Crippen LogP contribution in [0, 0.1) is 5.82 Å². The number of hydrogen-bond donors (Lipinski definition) is 1. The first kappa shape index (κ1) is 19.2. The van der Waals surface area contributed by atoms with E-state index in [1.54, 1.807) is 54.6 Å². The third kappa shape index (κ3) is 4.94. The van der Waals surface area contributed by atoms with Crippen LogP contribution in [0.2, 0.25) is 0 Å². The molecule has 0 heterocycles. The maximum absolute atomic E-state index is 14.5. The highest BCUT2D eigenvalue weighted by Gasteiger charge is 2.14. The van der Waals surface area contributed by atoms with Gasteiger partial charge in [0.25, 0.3) is 6.47 Å². The Kier molecular flexibility index (Phi) is 6.81. The number of ether oxygens (including phenoxy) is 1. The van der Waals surface area contributed by atoms with Gasteiger partial charge in [-0.1, -0.05) is 0 Å². The zero-order valence-corrected chi connectivity index (χ0v) is 14.8. The van der Waals surface area contributed by atoms with Crippen molar-refractivity contribution in [2.75, 3.05) is 31.4 Å². The fourth-order valence-corrected chi connectivity index (χ4v) is 2.95. The molecule has 0 aliphatic heterocycles. The van der Waals surface area contributed by atoms with Gasteiger partial charge in [0.1, 0.15) is 18.2 Å². The maximum Gasteiger partial charge on any atom is 0.293 e. The molecule has 0 amide bonds. The summed E-state index contributed by atoms with van der Waals surface area (Å²) >= 11 is -1.08. The van der Waals surface area contributed by atoms with Gasteiger partial charge in [-0.2, -0.15) is 0 Å². The van der Waals surface area contributed by atoms with Crippen molar-refractivity contribution in [1.29, 1.82) is 0 Å². The van der Waals surface area contributed by atoms with Crippen molar-refractivity contribution < 1.29 is 23.6 Å². The van der Waals surface area contributed by atoms with Crippen LogP contribution < -0.4 is 4.90 Å². The summed E-state index contributed by atoms with van der Waals surface area (Å²) in [6.07, 6.45) is 0.918. The second-order valence-electron chi connectivity index (χ2n) is 5.56. The van der Waals surface area contributed by atoms with E-state index >= 15 is 0 Å². The Morgan fingerprint density at radius 1 is 1.32 bits per heavy atom. The molecular formula is C18H20FNO4S. The number of aliphatic hydroxyl groups is 1. The molecule has 25 heavy (non-hydrogen) atoms. The van der Waals surface area contributed by atoms with Crippen LogP contribution in [0.5, 0.6) is 0 Å². The molecule has 2 aromatic carbocycles. The highest BCUT2D eigenvalue weighted by Crippen LogP contribution is 2.27. The minimum atomic E-state index is -1.08. The number of carbonyl (C=O) groups is 1. The Balaban J connectivity index is 2.18. The van der Waals surface area contributed by atoms with E-state index in [9.17, 15) is 13.7 Å². The Morgan fingerprint density at radius 3 is 2.52 bits per heavy atom. The van der Waals surface area contributed by atoms with Crippen molar-refractivity contribution in [2.45, 2.75) is 11.0 Å². The van der Waals surface area contributed by atoms with Gasteiger partial charge < -0.3 is 19.3 Å². The fourth-order valence-electron chi connectivity index (χ4n) is 2.43. The summed E-state index contributed by atoms with van der Waals surface area (Å²) in [5.41, 5.74) is 1.73. The van der Waals surface area contributed by atoms with Crippen molar-refractivity contribution in [2.24, 2.45) is 0 Å². The molecule has 0 radical (unpaired) electrons. The molecule has 0 bridgehead atoms. The molecule has 0 aliphatic rings. The fraction of sp³-hybridized carbons (Fsp3) is 0.278. The van der Waals surface area contributed by atoms with Crippen LogP contribution in [-0.2, 0) is 20.7 Å². The van der Waals surface area contributed by atoms with Crippen LogP contribution in [-0.4, -0.2) is 48.7 Å². The summed E-state index contributed by atoms with van der Waals surface area (Å²) < 4.78 is 30.7. The van der Waals surface area contributed by atoms with E-state index in [-0.39, 0.29) is 19.6 Å². The Morgan fingerprint density at radius 2 is 2.00 bits per heavy atom. The molecule has 0 spiro atoms. The molecule has 0 fully saturated rings. The molecule has 7 heteroatoms. The number of likely N-dealkylation sites (N-methyl/N-ethyl adjacent to an activating group) is 1. The first-order chi connectivity index (χ1) is 12.0. The van der Waals surface area contributed by atoms with E-state index in [2.05, 4.69) is 0 Å². The third-order valence-electron chi connectivity index (χ3n) is 3.82. The monoisotopic (exact) mass is 365 g/mol. The Labute approximate surface area is 149 Å². The second-order valence-corrected chi connectivity index (χ2v) is 6.94. The van der Waals surface area contributed by atoms with Gasteiger partial charge in [0.05, 0.1) is 13.2 Å². The molecule has 0 saturated carbocycles. The second kappa shape index (κ2) is 8.84. The molecule has 2 aromatic rings. The predicted octanol–water partition coefficient (Wildman–Crippen LogP) is 2.20. The zero-order chi connectivity index (χ0) is 18.4. The lowest BCUT2D eigenvalue weighted by molar-refractivity contribution is -0.134. The van der Waals surface area contributed by atoms with Gasteiger partial charge in [-0.25, -0.2) is 4.39 Å². The van der Waals surface area contributed by atoms with Crippen molar-refractivity contribution in [1.82, 2.24) is 0 Å². The highest BCUT2D eigenvalue weighted by molar-refractivity contribution is 7.90.